The summed E-state index contributed by atoms with van der Waals surface area (Å²) in [4.78, 5) is 1.20. The van der Waals surface area contributed by atoms with Crippen molar-refractivity contribution in [2.45, 2.75) is 20.3 Å². The van der Waals surface area contributed by atoms with Gasteiger partial charge in [-0.25, -0.2) is 0 Å². The van der Waals surface area contributed by atoms with Crippen LogP contribution in [0.4, 0.5) is 0 Å². The third-order valence-electron chi connectivity index (χ3n) is 0.677. The Labute approximate surface area is 49.1 Å². The van der Waals surface area contributed by atoms with Gasteiger partial charge in [0.15, 0.2) is 0 Å². The van der Waals surface area contributed by atoms with E-state index >= 15 is 0 Å². The van der Waals surface area contributed by atoms with Gasteiger partial charge in [0, 0.05) is 0 Å². The Morgan fingerprint density at radius 2 is 2.43 bits per heavy atom. The monoisotopic (exact) mass is 117 g/mol. The maximum absolute atomic E-state index is 5.21. The highest BCUT2D eigenvalue weighted by molar-refractivity contribution is 8.00. The molecule has 0 saturated carbocycles. The van der Waals surface area contributed by atoms with Crippen molar-refractivity contribution in [1.82, 2.24) is 0 Å². The molecular weight excluding hydrogens is 106 g/mol. The van der Waals surface area contributed by atoms with Crippen LogP contribution in [-0.4, -0.2) is 0 Å². The van der Waals surface area contributed by atoms with Crippen LogP contribution in [0.25, 0.3) is 0 Å². The van der Waals surface area contributed by atoms with Gasteiger partial charge in [-0.15, -0.1) is 0 Å². The zero-order chi connectivity index (χ0) is 5.70. The van der Waals surface area contributed by atoms with Gasteiger partial charge in [-0.05, 0) is 18.2 Å². The van der Waals surface area contributed by atoms with Crippen molar-refractivity contribution in [3.63, 3.8) is 0 Å². The standard InChI is InChI=1S/C5H11NS/c1-3-4-5(2)7-6/h4H,3,6H2,1-2H3/b5-4-. The van der Waals surface area contributed by atoms with E-state index in [0.29, 0.717) is 0 Å². The average Bonchev–Trinajstić information content (AvgIpc) is 1.68. The van der Waals surface area contributed by atoms with Crippen LogP contribution in [0, 0.1) is 0 Å². The van der Waals surface area contributed by atoms with Gasteiger partial charge in [-0.2, -0.15) is 0 Å². The number of rotatable bonds is 2. The van der Waals surface area contributed by atoms with Crippen molar-refractivity contribution in [1.29, 1.82) is 0 Å². The van der Waals surface area contributed by atoms with Crippen LogP contribution >= 0.6 is 11.9 Å². The maximum atomic E-state index is 5.21. The van der Waals surface area contributed by atoms with Gasteiger partial charge < -0.3 is 0 Å². The van der Waals surface area contributed by atoms with Crippen molar-refractivity contribution in [2.75, 3.05) is 0 Å². The summed E-state index contributed by atoms with van der Waals surface area (Å²) >= 11 is 1.31. The van der Waals surface area contributed by atoms with E-state index in [2.05, 4.69) is 13.0 Å². The van der Waals surface area contributed by atoms with Gasteiger partial charge in [0.2, 0.25) is 0 Å². The summed E-state index contributed by atoms with van der Waals surface area (Å²) in [6, 6.07) is 0. The first-order valence-electron chi connectivity index (χ1n) is 2.34. The molecule has 0 saturated heterocycles. The molecule has 0 radical (unpaired) electrons. The van der Waals surface area contributed by atoms with Crippen molar-refractivity contribution in [3.8, 4) is 0 Å². The van der Waals surface area contributed by atoms with Gasteiger partial charge >= 0.3 is 0 Å². The number of hydrogen-bond acceptors (Lipinski definition) is 2. The fourth-order valence-electron chi connectivity index (χ4n) is 0.336. The van der Waals surface area contributed by atoms with E-state index in [1.54, 1.807) is 0 Å². The highest BCUT2D eigenvalue weighted by Crippen LogP contribution is 2.05. The summed E-state index contributed by atoms with van der Waals surface area (Å²) in [5, 5.41) is 5.21. The Morgan fingerprint density at radius 3 is 2.57 bits per heavy atom. The summed E-state index contributed by atoms with van der Waals surface area (Å²) in [7, 11) is 0. The second-order valence-electron chi connectivity index (χ2n) is 1.34. The minimum Gasteiger partial charge on any atom is -0.274 e. The van der Waals surface area contributed by atoms with E-state index < -0.39 is 0 Å². The maximum Gasteiger partial charge on any atom is -0.00699 e. The minimum atomic E-state index is 1.08. The number of allylic oxidation sites excluding steroid dienone is 2. The molecule has 0 rings (SSSR count). The van der Waals surface area contributed by atoms with Crippen LogP contribution in [-0.2, 0) is 0 Å². The Bertz CT molecular complexity index is 68.5. The molecule has 0 aromatic rings. The lowest BCUT2D eigenvalue weighted by molar-refractivity contribution is 1.21. The minimum absolute atomic E-state index is 1.08. The lowest BCUT2D eigenvalue weighted by atomic mass is 10.4. The van der Waals surface area contributed by atoms with Crippen LogP contribution in [0.5, 0.6) is 0 Å². The van der Waals surface area contributed by atoms with Gasteiger partial charge in [-0.3, -0.25) is 5.14 Å². The SMILES string of the molecule is CC/C=C(/C)SN. The van der Waals surface area contributed by atoms with Crippen LogP contribution in [0.1, 0.15) is 20.3 Å². The molecule has 0 unspecified atom stereocenters. The third-order valence-corrected chi connectivity index (χ3v) is 1.22. The van der Waals surface area contributed by atoms with Gasteiger partial charge in [0.05, 0.1) is 0 Å². The molecule has 42 valence electrons. The van der Waals surface area contributed by atoms with Gasteiger partial charge in [0.25, 0.3) is 0 Å². The summed E-state index contributed by atoms with van der Waals surface area (Å²) in [5.41, 5.74) is 0. The smallest absolute Gasteiger partial charge is 0.00699 e. The molecule has 2 N–H and O–H groups in total. The van der Waals surface area contributed by atoms with E-state index in [-0.39, 0.29) is 0 Å². The topological polar surface area (TPSA) is 26.0 Å². The Hall–Kier alpha value is 0.0500. The highest BCUT2D eigenvalue weighted by Gasteiger charge is 1.77. The number of nitrogens with two attached hydrogens (primary N) is 1. The molecule has 1 nitrogen and oxygen atoms in total. The van der Waals surface area contributed by atoms with Crippen molar-refractivity contribution >= 4 is 11.9 Å². The second kappa shape index (κ2) is 4.22. The molecule has 0 spiro atoms. The summed E-state index contributed by atoms with van der Waals surface area (Å²) in [5.74, 6) is 0. The van der Waals surface area contributed by atoms with E-state index in [1.807, 2.05) is 6.92 Å². The summed E-state index contributed by atoms with van der Waals surface area (Å²) in [6.45, 7) is 4.11. The first-order valence-corrected chi connectivity index (χ1v) is 3.22. The molecule has 7 heavy (non-hydrogen) atoms. The largest absolute Gasteiger partial charge is 0.274 e. The molecule has 0 aliphatic heterocycles. The molecule has 0 amide bonds. The Morgan fingerprint density at radius 1 is 1.86 bits per heavy atom. The summed E-state index contributed by atoms with van der Waals surface area (Å²) in [6.07, 6.45) is 3.18. The molecule has 0 atom stereocenters. The molecule has 2 heteroatoms. The molecular formula is C5H11NS. The Kier molecular flexibility index (Phi) is 4.25. The highest BCUT2D eigenvalue weighted by atomic mass is 32.2. The average molecular weight is 117 g/mol. The lowest BCUT2D eigenvalue weighted by Gasteiger charge is -1.87. The van der Waals surface area contributed by atoms with Crippen molar-refractivity contribution in [2.24, 2.45) is 5.14 Å². The number of hydrogen-bond donors (Lipinski definition) is 1. The normalized spacial score (nSPS) is 12.1. The second-order valence-corrected chi connectivity index (χ2v) is 2.22. The molecule has 0 bridgehead atoms. The van der Waals surface area contributed by atoms with Crippen molar-refractivity contribution < 1.29 is 0 Å². The predicted molar refractivity (Wildman–Crippen MR) is 35.8 cm³/mol. The molecule has 0 aliphatic rings. The van der Waals surface area contributed by atoms with Crippen molar-refractivity contribution in [3.05, 3.63) is 11.0 Å². The quantitative estimate of drug-likeness (QED) is 0.559. The fraction of sp³-hybridized carbons (Fsp3) is 0.600. The molecule has 0 aromatic carbocycles. The van der Waals surface area contributed by atoms with Gasteiger partial charge in [-0.1, -0.05) is 24.9 Å². The van der Waals surface area contributed by atoms with Gasteiger partial charge in [0.1, 0.15) is 0 Å². The molecule has 0 aliphatic carbocycles. The van der Waals surface area contributed by atoms with Crippen LogP contribution in [0.3, 0.4) is 0 Å². The van der Waals surface area contributed by atoms with E-state index in [4.69, 9.17) is 5.14 Å². The summed E-state index contributed by atoms with van der Waals surface area (Å²) < 4.78 is 0. The fourth-order valence-corrected chi connectivity index (χ4v) is 0.598. The molecule has 0 aromatic heterocycles. The Balaban J connectivity index is 3.29. The zero-order valence-corrected chi connectivity index (χ0v) is 5.59. The first kappa shape index (κ1) is 7.05. The van der Waals surface area contributed by atoms with E-state index in [9.17, 15) is 0 Å². The van der Waals surface area contributed by atoms with Crippen LogP contribution in [0.2, 0.25) is 0 Å². The van der Waals surface area contributed by atoms with E-state index in [0.717, 1.165) is 6.42 Å². The predicted octanol–water partition coefficient (Wildman–Crippen LogP) is 1.91. The molecule has 0 fully saturated rings. The van der Waals surface area contributed by atoms with E-state index in [1.165, 1.54) is 16.9 Å². The third kappa shape index (κ3) is 3.89. The molecule has 0 heterocycles. The first-order chi connectivity index (χ1) is 3.31. The zero-order valence-electron chi connectivity index (χ0n) is 4.77. The lowest BCUT2D eigenvalue weighted by Crippen LogP contribution is -1.75. The van der Waals surface area contributed by atoms with Crippen LogP contribution < -0.4 is 5.14 Å². The van der Waals surface area contributed by atoms with Crippen LogP contribution in [0.15, 0.2) is 11.0 Å².